The van der Waals surface area contributed by atoms with Gasteiger partial charge in [-0.1, -0.05) is 30.3 Å². The normalized spacial score (nSPS) is 10.5. The fraction of sp³-hybridized carbons (Fsp3) is 0.0417. The Morgan fingerprint density at radius 3 is 2.39 bits per heavy atom. The molecule has 0 unspecified atom stereocenters. The maximum Gasteiger partial charge on any atom is 0.258 e. The van der Waals surface area contributed by atoms with E-state index in [9.17, 15) is 14.0 Å². The topological polar surface area (TPSA) is 76.0 Å². The summed E-state index contributed by atoms with van der Waals surface area (Å²) < 4.78 is 15.6. The molecule has 0 aliphatic rings. The van der Waals surface area contributed by atoms with Crippen molar-refractivity contribution in [2.45, 2.75) is 6.92 Å². The number of nitrogens with one attached hydrogen (secondary N) is 2. The van der Waals surface area contributed by atoms with Crippen LogP contribution in [0.2, 0.25) is 0 Å². The lowest BCUT2D eigenvalue weighted by atomic mass is 10.1. The fourth-order valence-corrected chi connectivity index (χ4v) is 3.12. The zero-order valence-electron chi connectivity index (χ0n) is 16.7. The van der Waals surface area contributed by atoms with E-state index < -0.39 is 11.7 Å². The van der Waals surface area contributed by atoms with E-state index in [1.807, 2.05) is 18.2 Å². The molecule has 7 heteroatoms. The summed E-state index contributed by atoms with van der Waals surface area (Å²) in [5.41, 5.74) is 2.78. The first kappa shape index (κ1) is 20.0. The van der Waals surface area contributed by atoms with Gasteiger partial charge in [0, 0.05) is 23.6 Å². The van der Waals surface area contributed by atoms with Gasteiger partial charge in [0.25, 0.3) is 11.8 Å². The summed E-state index contributed by atoms with van der Waals surface area (Å²) >= 11 is 0. The van der Waals surface area contributed by atoms with Gasteiger partial charge in [-0.3, -0.25) is 9.59 Å². The van der Waals surface area contributed by atoms with Crippen molar-refractivity contribution in [1.29, 1.82) is 0 Å². The maximum absolute atomic E-state index is 13.9. The number of benzene rings is 3. The fourth-order valence-electron chi connectivity index (χ4n) is 3.12. The molecule has 154 valence electrons. The molecule has 1 aromatic heterocycles. The standard InChI is InChI=1S/C24H19FN4O2/c1-16-11-12-17(15-21(16)28-24(31)18-7-2-3-8-19(18)25)23(30)27-20-9-4-5-10-22(20)29-14-6-13-26-29/h2-15H,1H3,(H,27,30)(H,28,31). The lowest BCUT2D eigenvalue weighted by Gasteiger charge is -2.13. The van der Waals surface area contributed by atoms with E-state index >= 15 is 0 Å². The molecule has 4 aromatic rings. The minimum atomic E-state index is -0.609. The van der Waals surface area contributed by atoms with Crippen LogP contribution in [-0.2, 0) is 0 Å². The molecule has 6 nitrogen and oxygen atoms in total. The van der Waals surface area contributed by atoms with Crippen LogP contribution in [0, 0.1) is 12.7 Å². The largest absolute Gasteiger partial charge is 0.322 e. The van der Waals surface area contributed by atoms with Crippen molar-refractivity contribution in [3.63, 3.8) is 0 Å². The Morgan fingerprint density at radius 2 is 1.61 bits per heavy atom. The first-order valence-corrected chi connectivity index (χ1v) is 9.60. The lowest BCUT2D eigenvalue weighted by Crippen LogP contribution is -2.17. The number of rotatable bonds is 5. The summed E-state index contributed by atoms with van der Waals surface area (Å²) in [6.45, 7) is 1.80. The SMILES string of the molecule is Cc1ccc(C(=O)Nc2ccccc2-n2cccn2)cc1NC(=O)c1ccccc1F. The smallest absolute Gasteiger partial charge is 0.258 e. The predicted molar refractivity (Wildman–Crippen MR) is 117 cm³/mol. The molecule has 31 heavy (non-hydrogen) atoms. The molecule has 0 saturated carbocycles. The van der Waals surface area contributed by atoms with E-state index in [0.717, 1.165) is 11.3 Å². The maximum atomic E-state index is 13.9. The van der Waals surface area contributed by atoms with Gasteiger partial charge in [-0.2, -0.15) is 5.10 Å². The van der Waals surface area contributed by atoms with Crippen molar-refractivity contribution in [2.75, 3.05) is 10.6 Å². The first-order valence-electron chi connectivity index (χ1n) is 9.60. The number of carbonyl (C=O) groups excluding carboxylic acids is 2. The molecule has 0 aliphatic carbocycles. The molecule has 2 amide bonds. The summed E-state index contributed by atoms with van der Waals surface area (Å²) in [6, 6.07) is 19.8. The highest BCUT2D eigenvalue weighted by Crippen LogP contribution is 2.22. The molecule has 0 bridgehead atoms. The van der Waals surface area contributed by atoms with E-state index in [1.165, 1.54) is 18.2 Å². The summed E-state index contributed by atoms with van der Waals surface area (Å²) in [5.74, 6) is -1.54. The predicted octanol–water partition coefficient (Wildman–Crippen LogP) is 4.82. The summed E-state index contributed by atoms with van der Waals surface area (Å²) in [6.07, 6.45) is 3.44. The molecular formula is C24H19FN4O2. The average molecular weight is 414 g/mol. The number of carbonyl (C=O) groups is 2. The number of aryl methyl sites for hydroxylation is 1. The molecule has 4 rings (SSSR count). The van der Waals surface area contributed by atoms with Crippen LogP contribution >= 0.6 is 0 Å². The van der Waals surface area contributed by atoms with Crippen molar-refractivity contribution in [3.8, 4) is 5.69 Å². The van der Waals surface area contributed by atoms with Crippen LogP contribution in [0.5, 0.6) is 0 Å². The van der Waals surface area contributed by atoms with Gasteiger partial charge in [-0.15, -0.1) is 0 Å². The minimum absolute atomic E-state index is 0.0649. The van der Waals surface area contributed by atoms with Gasteiger partial charge < -0.3 is 10.6 Å². The highest BCUT2D eigenvalue weighted by molar-refractivity contribution is 6.08. The second-order valence-electron chi connectivity index (χ2n) is 6.89. The highest BCUT2D eigenvalue weighted by Gasteiger charge is 2.15. The van der Waals surface area contributed by atoms with Gasteiger partial charge in [0.15, 0.2) is 0 Å². The third-order valence-corrected chi connectivity index (χ3v) is 4.77. The first-order chi connectivity index (χ1) is 15.0. The number of nitrogens with zero attached hydrogens (tertiary/aromatic N) is 2. The van der Waals surface area contributed by atoms with Crippen molar-refractivity contribution < 1.29 is 14.0 Å². The molecule has 3 aromatic carbocycles. The Bertz CT molecular complexity index is 1250. The Kier molecular flexibility index (Phi) is 5.57. The third kappa shape index (κ3) is 4.35. The molecule has 0 atom stereocenters. The highest BCUT2D eigenvalue weighted by atomic mass is 19.1. The Morgan fingerprint density at radius 1 is 0.871 bits per heavy atom. The van der Waals surface area contributed by atoms with Gasteiger partial charge in [0.05, 0.1) is 16.9 Å². The number of hydrogen-bond donors (Lipinski definition) is 2. The zero-order chi connectivity index (χ0) is 21.8. The van der Waals surface area contributed by atoms with E-state index in [2.05, 4.69) is 15.7 Å². The second-order valence-corrected chi connectivity index (χ2v) is 6.89. The Labute approximate surface area is 178 Å². The lowest BCUT2D eigenvalue weighted by molar-refractivity contribution is 0.101. The van der Waals surface area contributed by atoms with Crippen LogP contribution in [0.25, 0.3) is 5.69 Å². The van der Waals surface area contributed by atoms with Gasteiger partial charge in [0.2, 0.25) is 0 Å². The van der Waals surface area contributed by atoms with E-state index in [0.29, 0.717) is 16.9 Å². The Balaban J connectivity index is 1.57. The van der Waals surface area contributed by atoms with Crippen LogP contribution in [-0.4, -0.2) is 21.6 Å². The average Bonchev–Trinajstić information content (AvgIpc) is 3.30. The quantitative estimate of drug-likeness (QED) is 0.491. The zero-order valence-corrected chi connectivity index (χ0v) is 16.7. The minimum Gasteiger partial charge on any atom is -0.322 e. The van der Waals surface area contributed by atoms with Crippen molar-refractivity contribution in [1.82, 2.24) is 9.78 Å². The number of aromatic nitrogens is 2. The Hall–Kier alpha value is -4.26. The number of hydrogen-bond acceptors (Lipinski definition) is 3. The second kappa shape index (κ2) is 8.62. The molecule has 0 aliphatic heterocycles. The summed E-state index contributed by atoms with van der Waals surface area (Å²) in [7, 11) is 0. The van der Waals surface area contributed by atoms with Crippen LogP contribution < -0.4 is 10.6 Å². The van der Waals surface area contributed by atoms with E-state index in [-0.39, 0.29) is 11.5 Å². The monoisotopic (exact) mass is 414 g/mol. The van der Waals surface area contributed by atoms with Crippen LogP contribution in [0.15, 0.2) is 85.2 Å². The molecule has 0 saturated heterocycles. The number of halogens is 1. The van der Waals surface area contributed by atoms with Crippen LogP contribution in [0.4, 0.5) is 15.8 Å². The van der Waals surface area contributed by atoms with E-state index in [4.69, 9.17) is 0 Å². The molecular weight excluding hydrogens is 395 g/mol. The molecule has 0 fully saturated rings. The van der Waals surface area contributed by atoms with Crippen molar-refractivity contribution in [3.05, 3.63) is 108 Å². The number of amides is 2. The van der Waals surface area contributed by atoms with Crippen molar-refractivity contribution in [2.24, 2.45) is 0 Å². The van der Waals surface area contributed by atoms with Gasteiger partial charge in [-0.05, 0) is 55.0 Å². The number of anilines is 2. The summed E-state index contributed by atoms with van der Waals surface area (Å²) in [4.78, 5) is 25.4. The molecule has 0 radical (unpaired) electrons. The van der Waals surface area contributed by atoms with Crippen LogP contribution in [0.1, 0.15) is 26.3 Å². The van der Waals surface area contributed by atoms with Gasteiger partial charge in [-0.25, -0.2) is 9.07 Å². The van der Waals surface area contributed by atoms with Crippen molar-refractivity contribution >= 4 is 23.2 Å². The third-order valence-electron chi connectivity index (χ3n) is 4.77. The molecule has 0 spiro atoms. The van der Waals surface area contributed by atoms with Gasteiger partial charge >= 0.3 is 0 Å². The van der Waals surface area contributed by atoms with Crippen LogP contribution in [0.3, 0.4) is 0 Å². The summed E-state index contributed by atoms with van der Waals surface area (Å²) in [5, 5.41) is 9.78. The molecule has 1 heterocycles. The molecule has 2 N–H and O–H groups in total. The van der Waals surface area contributed by atoms with E-state index in [1.54, 1.807) is 60.4 Å². The number of para-hydroxylation sites is 2. The van der Waals surface area contributed by atoms with Gasteiger partial charge in [0.1, 0.15) is 5.82 Å².